The Morgan fingerprint density at radius 3 is 2.56 bits per heavy atom. The van der Waals surface area contributed by atoms with E-state index in [9.17, 15) is 0 Å². The minimum Gasteiger partial charge on any atom is -0.385 e. The van der Waals surface area contributed by atoms with Crippen molar-refractivity contribution in [1.29, 1.82) is 0 Å². The highest BCUT2D eigenvalue weighted by atomic mass is 16.5. The van der Waals surface area contributed by atoms with Gasteiger partial charge in [0, 0.05) is 20.3 Å². The van der Waals surface area contributed by atoms with Gasteiger partial charge in [-0.05, 0) is 62.4 Å². The minimum atomic E-state index is 0.562. The van der Waals surface area contributed by atoms with E-state index in [1.807, 2.05) is 0 Å². The molecule has 108 valence electrons. The molecule has 0 amide bonds. The summed E-state index contributed by atoms with van der Waals surface area (Å²) in [5.74, 6) is 1.45. The summed E-state index contributed by atoms with van der Waals surface area (Å²) in [6.07, 6.45) is 6.43. The highest BCUT2D eigenvalue weighted by molar-refractivity contribution is 4.94. The Hall–Kier alpha value is -0.120. The summed E-state index contributed by atoms with van der Waals surface area (Å²) in [5, 5.41) is 3.62. The molecule has 1 unspecified atom stereocenters. The number of nitrogens with two attached hydrogens (primary N) is 1. The predicted octanol–water partition coefficient (Wildman–Crippen LogP) is 2.40. The van der Waals surface area contributed by atoms with E-state index in [-0.39, 0.29) is 0 Å². The van der Waals surface area contributed by atoms with Crippen LogP contribution in [0, 0.1) is 17.3 Å². The number of nitrogens with one attached hydrogen (secondary N) is 1. The second kappa shape index (κ2) is 8.13. The zero-order chi connectivity index (χ0) is 13.4. The van der Waals surface area contributed by atoms with Gasteiger partial charge in [-0.25, -0.2) is 0 Å². The van der Waals surface area contributed by atoms with Gasteiger partial charge in [-0.15, -0.1) is 0 Å². The van der Waals surface area contributed by atoms with E-state index in [1.54, 1.807) is 7.11 Å². The van der Waals surface area contributed by atoms with Gasteiger partial charge in [0.15, 0.2) is 0 Å². The number of hydrogen-bond donors (Lipinski definition) is 2. The van der Waals surface area contributed by atoms with E-state index in [0.29, 0.717) is 11.3 Å². The topological polar surface area (TPSA) is 47.3 Å². The number of rotatable bonds is 11. The average Bonchev–Trinajstić information content (AvgIpc) is 3.11. The Bertz CT molecular complexity index is 215. The molecule has 18 heavy (non-hydrogen) atoms. The van der Waals surface area contributed by atoms with E-state index >= 15 is 0 Å². The van der Waals surface area contributed by atoms with Crippen molar-refractivity contribution < 1.29 is 4.74 Å². The van der Waals surface area contributed by atoms with Crippen LogP contribution in [0.2, 0.25) is 0 Å². The molecule has 1 saturated carbocycles. The van der Waals surface area contributed by atoms with Gasteiger partial charge >= 0.3 is 0 Å². The fourth-order valence-corrected chi connectivity index (χ4v) is 2.67. The van der Waals surface area contributed by atoms with Gasteiger partial charge in [0.2, 0.25) is 0 Å². The first-order valence-electron chi connectivity index (χ1n) is 7.51. The quantitative estimate of drug-likeness (QED) is 0.558. The van der Waals surface area contributed by atoms with Crippen molar-refractivity contribution in [3.63, 3.8) is 0 Å². The van der Waals surface area contributed by atoms with E-state index in [1.165, 1.54) is 32.1 Å². The average molecular weight is 256 g/mol. The Morgan fingerprint density at radius 2 is 2.06 bits per heavy atom. The molecule has 0 spiro atoms. The smallest absolute Gasteiger partial charge is 0.0468 e. The van der Waals surface area contributed by atoms with Crippen molar-refractivity contribution in [3.05, 3.63) is 0 Å². The highest BCUT2D eigenvalue weighted by Crippen LogP contribution is 2.48. The summed E-state index contributed by atoms with van der Waals surface area (Å²) in [6, 6.07) is 0. The molecule has 3 heteroatoms. The van der Waals surface area contributed by atoms with Crippen LogP contribution in [0.3, 0.4) is 0 Å². The zero-order valence-corrected chi connectivity index (χ0v) is 12.5. The zero-order valence-electron chi connectivity index (χ0n) is 12.5. The Kier molecular flexibility index (Phi) is 7.20. The van der Waals surface area contributed by atoms with Gasteiger partial charge in [-0.3, -0.25) is 0 Å². The lowest BCUT2D eigenvalue weighted by molar-refractivity contribution is 0.171. The standard InChI is InChI=1S/C15H32N2O/c1-13(2)10-14(11-16)4-8-17-12-15(5-6-15)7-9-18-3/h13-14,17H,4-12,16H2,1-3H3. The van der Waals surface area contributed by atoms with Crippen LogP contribution in [0.15, 0.2) is 0 Å². The Balaban J connectivity index is 2.07. The van der Waals surface area contributed by atoms with Crippen LogP contribution < -0.4 is 11.1 Å². The minimum absolute atomic E-state index is 0.562. The number of methoxy groups -OCH3 is 1. The van der Waals surface area contributed by atoms with Gasteiger partial charge in [0.1, 0.15) is 0 Å². The number of ether oxygens (including phenoxy) is 1. The van der Waals surface area contributed by atoms with Gasteiger partial charge in [0.25, 0.3) is 0 Å². The van der Waals surface area contributed by atoms with E-state index < -0.39 is 0 Å². The first-order valence-corrected chi connectivity index (χ1v) is 7.51. The SMILES string of the molecule is COCCC1(CNCCC(CN)CC(C)C)CC1. The summed E-state index contributed by atoms with van der Waals surface area (Å²) in [7, 11) is 1.79. The maximum absolute atomic E-state index is 5.82. The lowest BCUT2D eigenvalue weighted by Gasteiger charge is -2.19. The van der Waals surface area contributed by atoms with Crippen molar-refractivity contribution in [2.75, 3.05) is 33.4 Å². The molecule has 0 aromatic heterocycles. The second-order valence-electron chi connectivity index (χ2n) is 6.44. The third-order valence-electron chi connectivity index (χ3n) is 4.16. The van der Waals surface area contributed by atoms with Gasteiger partial charge in [-0.2, -0.15) is 0 Å². The fraction of sp³-hybridized carbons (Fsp3) is 1.00. The molecule has 0 aliphatic heterocycles. The second-order valence-corrected chi connectivity index (χ2v) is 6.44. The molecule has 3 nitrogen and oxygen atoms in total. The van der Waals surface area contributed by atoms with Gasteiger partial charge in [0.05, 0.1) is 0 Å². The molecule has 1 rings (SSSR count). The summed E-state index contributed by atoms with van der Waals surface area (Å²) >= 11 is 0. The molecule has 1 aliphatic rings. The molecular weight excluding hydrogens is 224 g/mol. The van der Waals surface area contributed by atoms with Gasteiger partial charge in [-0.1, -0.05) is 13.8 Å². The van der Waals surface area contributed by atoms with Crippen LogP contribution in [0.4, 0.5) is 0 Å². The summed E-state index contributed by atoms with van der Waals surface area (Å²) in [6.45, 7) is 8.56. The predicted molar refractivity (Wildman–Crippen MR) is 77.6 cm³/mol. The van der Waals surface area contributed by atoms with Crippen LogP contribution in [-0.4, -0.2) is 33.4 Å². The first-order chi connectivity index (χ1) is 8.62. The summed E-state index contributed by atoms with van der Waals surface area (Å²) in [5.41, 5.74) is 6.38. The van der Waals surface area contributed by atoms with Crippen LogP contribution in [0.1, 0.15) is 46.0 Å². The molecule has 0 bridgehead atoms. The molecule has 1 atom stereocenters. The molecule has 1 aliphatic carbocycles. The maximum atomic E-state index is 5.82. The normalized spacial score (nSPS) is 19.2. The third-order valence-corrected chi connectivity index (χ3v) is 4.16. The first kappa shape index (κ1) is 15.9. The fourth-order valence-electron chi connectivity index (χ4n) is 2.67. The van der Waals surface area contributed by atoms with Crippen molar-refractivity contribution in [2.45, 2.75) is 46.0 Å². The monoisotopic (exact) mass is 256 g/mol. The lowest BCUT2D eigenvalue weighted by atomic mass is 9.94. The largest absolute Gasteiger partial charge is 0.385 e. The molecule has 0 aromatic rings. The van der Waals surface area contributed by atoms with Crippen molar-refractivity contribution in [3.8, 4) is 0 Å². The van der Waals surface area contributed by atoms with Crippen LogP contribution >= 0.6 is 0 Å². The van der Waals surface area contributed by atoms with Crippen LogP contribution in [0.25, 0.3) is 0 Å². The molecular formula is C15H32N2O. The molecule has 1 fully saturated rings. The van der Waals surface area contributed by atoms with E-state index in [2.05, 4.69) is 19.2 Å². The Morgan fingerprint density at radius 1 is 1.33 bits per heavy atom. The number of hydrogen-bond acceptors (Lipinski definition) is 3. The van der Waals surface area contributed by atoms with Crippen molar-refractivity contribution in [1.82, 2.24) is 5.32 Å². The Labute approximate surface area is 113 Å². The molecule has 3 N–H and O–H groups in total. The van der Waals surface area contributed by atoms with E-state index in [4.69, 9.17) is 10.5 Å². The lowest BCUT2D eigenvalue weighted by Crippen LogP contribution is -2.28. The van der Waals surface area contributed by atoms with Crippen LogP contribution in [0.5, 0.6) is 0 Å². The van der Waals surface area contributed by atoms with E-state index in [0.717, 1.165) is 32.2 Å². The third kappa shape index (κ3) is 6.17. The summed E-state index contributed by atoms with van der Waals surface area (Å²) in [4.78, 5) is 0. The molecule has 0 aromatic carbocycles. The molecule has 0 radical (unpaired) electrons. The molecule has 0 heterocycles. The van der Waals surface area contributed by atoms with Crippen molar-refractivity contribution in [2.24, 2.45) is 23.0 Å². The van der Waals surface area contributed by atoms with Gasteiger partial charge < -0.3 is 15.8 Å². The summed E-state index contributed by atoms with van der Waals surface area (Å²) < 4.78 is 5.18. The maximum Gasteiger partial charge on any atom is 0.0468 e. The highest BCUT2D eigenvalue weighted by Gasteiger charge is 2.41. The van der Waals surface area contributed by atoms with Crippen LogP contribution in [-0.2, 0) is 4.74 Å². The van der Waals surface area contributed by atoms with Crippen molar-refractivity contribution >= 4 is 0 Å². The molecule has 0 saturated heterocycles.